The van der Waals surface area contributed by atoms with Crippen LogP contribution in [0.15, 0.2) is 27.8 Å². The van der Waals surface area contributed by atoms with Gasteiger partial charge in [-0.25, -0.2) is 4.79 Å². The molecule has 0 aliphatic carbocycles. The van der Waals surface area contributed by atoms with Gasteiger partial charge in [0.2, 0.25) is 5.69 Å². The van der Waals surface area contributed by atoms with Crippen LogP contribution in [-0.2, 0) is 6.42 Å². The van der Waals surface area contributed by atoms with E-state index in [1.54, 1.807) is 18.2 Å². The number of nitrogens with zero attached hydrogens (tertiary/aromatic N) is 4. The van der Waals surface area contributed by atoms with Crippen LogP contribution in [0.5, 0.6) is 5.75 Å². The van der Waals surface area contributed by atoms with Crippen molar-refractivity contribution in [3.63, 3.8) is 0 Å². The Morgan fingerprint density at radius 2 is 1.90 bits per heavy atom. The standard InChI is InChI=1S/C22H23N5O3/c1-11(2)20-19(28)7-6-15(24-20)9-16-12(3)8-18(14(5)13(16)4)27-22(30)25-21(29)17(10-23)26-27/h6-8,11,28H,9H2,1-5H3,(H,25,29,30). The van der Waals surface area contributed by atoms with Crippen LogP contribution in [0.1, 0.15) is 59.1 Å². The first-order valence-electron chi connectivity index (χ1n) is 9.56. The van der Waals surface area contributed by atoms with Crippen molar-refractivity contribution < 1.29 is 5.11 Å². The number of aromatic hydroxyl groups is 1. The fourth-order valence-corrected chi connectivity index (χ4v) is 3.46. The topological polar surface area (TPSA) is 125 Å². The zero-order chi connectivity index (χ0) is 22.2. The molecule has 3 rings (SSSR count). The summed E-state index contributed by atoms with van der Waals surface area (Å²) >= 11 is 0. The highest BCUT2D eigenvalue weighted by Crippen LogP contribution is 2.28. The lowest BCUT2D eigenvalue weighted by Gasteiger charge is -2.18. The smallest absolute Gasteiger partial charge is 0.349 e. The van der Waals surface area contributed by atoms with Gasteiger partial charge in [-0.1, -0.05) is 13.8 Å². The van der Waals surface area contributed by atoms with Crippen molar-refractivity contribution in [3.8, 4) is 17.5 Å². The lowest BCUT2D eigenvalue weighted by molar-refractivity contribution is 0.459. The zero-order valence-corrected chi connectivity index (χ0v) is 17.6. The zero-order valence-electron chi connectivity index (χ0n) is 17.6. The number of aromatic amines is 1. The first-order valence-corrected chi connectivity index (χ1v) is 9.56. The van der Waals surface area contributed by atoms with E-state index in [1.807, 2.05) is 40.7 Å². The molecule has 1 aromatic carbocycles. The highest BCUT2D eigenvalue weighted by molar-refractivity contribution is 5.53. The number of aromatic nitrogens is 4. The minimum atomic E-state index is -0.805. The van der Waals surface area contributed by atoms with Crippen molar-refractivity contribution >= 4 is 0 Å². The highest BCUT2D eigenvalue weighted by atomic mass is 16.3. The average molecular weight is 405 g/mol. The first-order chi connectivity index (χ1) is 14.1. The van der Waals surface area contributed by atoms with Crippen LogP contribution in [0.2, 0.25) is 0 Å². The van der Waals surface area contributed by atoms with Gasteiger partial charge in [-0.2, -0.15) is 9.94 Å². The summed E-state index contributed by atoms with van der Waals surface area (Å²) < 4.78 is 1.05. The molecule has 2 aromatic heterocycles. The van der Waals surface area contributed by atoms with E-state index < -0.39 is 11.2 Å². The number of nitrogens with one attached hydrogen (secondary N) is 1. The van der Waals surface area contributed by atoms with E-state index in [0.29, 0.717) is 17.8 Å². The van der Waals surface area contributed by atoms with Crippen molar-refractivity contribution in [2.75, 3.05) is 0 Å². The van der Waals surface area contributed by atoms with Crippen LogP contribution in [0.25, 0.3) is 5.69 Å². The predicted molar refractivity (Wildman–Crippen MR) is 112 cm³/mol. The van der Waals surface area contributed by atoms with Gasteiger partial charge >= 0.3 is 5.69 Å². The number of benzene rings is 1. The van der Waals surface area contributed by atoms with E-state index >= 15 is 0 Å². The normalized spacial score (nSPS) is 11.0. The third-order valence-corrected chi connectivity index (χ3v) is 5.26. The monoisotopic (exact) mass is 405 g/mol. The average Bonchev–Trinajstić information content (AvgIpc) is 2.69. The molecule has 0 amide bonds. The molecule has 0 unspecified atom stereocenters. The molecule has 0 radical (unpaired) electrons. The van der Waals surface area contributed by atoms with Gasteiger partial charge in [-0.15, -0.1) is 5.10 Å². The van der Waals surface area contributed by atoms with E-state index in [-0.39, 0.29) is 17.4 Å². The molecular formula is C22H23N5O3. The van der Waals surface area contributed by atoms with Crippen molar-refractivity contribution in [3.05, 3.63) is 78.4 Å². The molecule has 8 nitrogen and oxygen atoms in total. The molecule has 0 bridgehead atoms. The number of hydrogen-bond acceptors (Lipinski definition) is 6. The quantitative estimate of drug-likeness (QED) is 0.687. The molecule has 0 atom stereocenters. The van der Waals surface area contributed by atoms with Crippen LogP contribution in [0.3, 0.4) is 0 Å². The third-order valence-electron chi connectivity index (χ3n) is 5.26. The summed E-state index contributed by atoms with van der Waals surface area (Å²) in [6, 6.07) is 6.98. The Hall–Kier alpha value is -3.73. The number of H-pyrrole nitrogens is 1. The van der Waals surface area contributed by atoms with Gasteiger partial charge in [0.05, 0.1) is 11.4 Å². The Labute approximate surface area is 173 Å². The van der Waals surface area contributed by atoms with Gasteiger partial charge in [0.15, 0.2) is 0 Å². The van der Waals surface area contributed by atoms with Gasteiger partial charge in [-0.05, 0) is 67.1 Å². The van der Waals surface area contributed by atoms with Crippen LogP contribution in [0, 0.1) is 32.1 Å². The predicted octanol–water partition coefficient (Wildman–Crippen LogP) is 2.53. The van der Waals surface area contributed by atoms with E-state index in [9.17, 15) is 14.7 Å². The SMILES string of the molecule is Cc1cc(-n2nc(C#N)c(=O)[nH]c2=O)c(C)c(C)c1Cc1ccc(O)c(C(C)C)n1. The summed E-state index contributed by atoms with van der Waals surface area (Å²) in [4.78, 5) is 30.7. The maximum absolute atomic E-state index is 12.3. The molecule has 0 saturated heterocycles. The molecule has 154 valence electrons. The highest BCUT2D eigenvalue weighted by Gasteiger charge is 2.17. The lowest BCUT2D eigenvalue weighted by Crippen LogP contribution is -2.33. The number of nitriles is 1. The molecule has 0 aliphatic rings. The largest absolute Gasteiger partial charge is 0.506 e. The fourth-order valence-electron chi connectivity index (χ4n) is 3.46. The van der Waals surface area contributed by atoms with Gasteiger partial charge in [0, 0.05) is 12.1 Å². The molecular weight excluding hydrogens is 382 g/mol. The summed E-state index contributed by atoms with van der Waals surface area (Å²) in [6.45, 7) is 9.70. The van der Waals surface area contributed by atoms with Crippen LogP contribution in [-0.4, -0.2) is 24.9 Å². The summed E-state index contributed by atoms with van der Waals surface area (Å²) in [5, 5.41) is 23.0. The van der Waals surface area contributed by atoms with Gasteiger partial charge in [0.25, 0.3) is 5.56 Å². The number of aryl methyl sites for hydroxylation is 1. The fraction of sp³-hybridized carbons (Fsp3) is 0.318. The number of pyridine rings is 1. The van der Waals surface area contributed by atoms with Gasteiger partial charge in [-0.3, -0.25) is 14.8 Å². The summed E-state index contributed by atoms with van der Waals surface area (Å²) in [5.74, 6) is 0.286. The van der Waals surface area contributed by atoms with E-state index in [2.05, 4.69) is 15.1 Å². The van der Waals surface area contributed by atoms with Gasteiger partial charge in [0.1, 0.15) is 11.8 Å². The molecule has 0 aliphatic heterocycles. The second-order valence-corrected chi connectivity index (χ2v) is 7.61. The van der Waals surface area contributed by atoms with Crippen LogP contribution in [0.4, 0.5) is 0 Å². The van der Waals surface area contributed by atoms with Crippen molar-refractivity contribution in [1.82, 2.24) is 19.7 Å². The molecule has 2 N–H and O–H groups in total. The maximum atomic E-state index is 12.3. The third kappa shape index (κ3) is 3.74. The molecule has 0 fully saturated rings. The molecule has 2 heterocycles. The Balaban J connectivity index is 2.11. The molecule has 30 heavy (non-hydrogen) atoms. The minimum absolute atomic E-state index is 0.101. The van der Waals surface area contributed by atoms with E-state index in [4.69, 9.17) is 5.26 Å². The van der Waals surface area contributed by atoms with Crippen LogP contribution < -0.4 is 11.2 Å². The molecule has 0 saturated carbocycles. The second kappa shape index (κ2) is 7.95. The van der Waals surface area contributed by atoms with E-state index in [0.717, 1.165) is 32.6 Å². The van der Waals surface area contributed by atoms with Gasteiger partial charge < -0.3 is 5.11 Å². The second-order valence-electron chi connectivity index (χ2n) is 7.61. The maximum Gasteiger partial charge on any atom is 0.349 e. The lowest BCUT2D eigenvalue weighted by atomic mass is 9.93. The van der Waals surface area contributed by atoms with Crippen LogP contribution >= 0.6 is 0 Å². The number of rotatable bonds is 4. The van der Waals surface area contributed by atoms with Crippen molar-refractivity contribution in [2.24, 2.45) is 0 Å². The molecule has 3 aromatic rings. The summed E-state index contributed by atoms with van der Waals surface area (Å²) in [6.07, 6.45) is 0.566. The van der Waals surface area contributed by atoms with Crippen molar-refractivity contribution in [2.45, 2.75) is 47.0 Å². The Kier molecular flexibility index (Phi) is 5.56. The number of hydrogen-bond donors (Lipinski definition) is 2. The Morgan fingerprint density at radius 1 is 1.20 bits per heavy atom. The van der Waals surface area contributed by atoms with Crippen molar-refractivity contribution in [1.29, 1.82) is 5.26 Å². The van der Waals surface area contributed by atoms with E-state index in [1.165, 1.54) is 0 Å². The molecule has 8 heteroatoms. The summed E-state index contributed by atoms with van der Waals surface area (Å²) in [5.41, 5.74) is 3.88. The molecule has 0 spiro atoms. The Bertz CT molecular complexity index is 1300. The minimum Gasteiger partial charge on any atom is -0.506 e. The summed E-state index contributed by atoms with van der Waals surface area (Å²) in [7, 11) is 0. The Morgan fingerprint density at radius 3 is 2.53 bits per heavy atom. The first kappa shape index (κ1) is 21.0.